The van der Waals surface area contributed by atoms with E-state index in [-0.39, 0.29) is 29.7 Å². The molecular formula is C15H20N2O2. The minimum atomic E-state index is -0.0345. The summed E-state index contributed by atoms with van der Waals surface area (Å²) in [6.45, 7) is 3.03. The third kappa shape index (κ3) is 1.49. The Morgan fingerprint density at radius 1 is 1.11 bits per heavy atom. The van der Waals surface area contributed by atoms with Crippen LogP contribution in [0.4, 0.5) is 0 Å². The van der Waals surface area contributed by atoms with Crippen LogP contribution in [0, 0.1) is 23.7 Å². The van der Waals surface area contributed by atoms with E-state index in [0.717, 1.165) is 25.8 Å². The van der Waals surface area contributed by atoms with E-state index in [1.54, 1.807) is 4.90 Å². The van der Waals surface area contributed by atoms with Crippen molar-refractivity contribution in [3.8, 4) is 0 Å². The molecule has 2 aliphatic carbocycles. The maximum atomic E-state index is 12.6. The van der Waals surface area contributed by atoms with Crippen LogP contribution in [0.3, 0.4) is 0 Å². The fraction of sp³-hybridized carbons (Fsp3) is 0.733. The summed E-state index contributed by atoms with van der Waals surface area (Å²) in [5, 5.41) is 3.38. The van der Waals surface area contributed by atoms with Gasteiger partial charge in [-0.05, 0) is 44.6 Å². The van der Waals surface area contributed by atoms with Crippen molar-refractivity contribution in [1.82, 2.24) is 10.2 Å². The normalized spacial score (nSPS) is 48.2. The largest absolute Gasteiger partial charge is 0.314 e. The maximum absolute atomic E-state index is 12.6. The molecule has 0 aromatic rings. The van der Waals surface area contributed by atoms with Gasteiger partial charge in [0, 0.05) is 12.1 Å². The Bertz CT molecular complexity index is 443. The number of nitrogens with zero attached hydrogens (tertiary/aromatic N) is 1. The van der Waals surface area contributed by atoms with Crippen molar-refractivity contribution < 1.29 is 9.59 Å². The number of carbonyl (C=O) groups excluding carboxylic acids is 2. The summed E-state index contributed by atoms with van der Waals surface area (Å²) in [5.41, 5.74) is 0. The van der Waals surface area contributed by atoms with Crippen LogP contribution in [0.1, 0.15) is 26.2 Å². The molecule has 0 spiro atoms. The van der Waals surface area contributed by atoms with E-state index in [0.29, 0.717) is 17.9 Å². The summed E-state index contributed by atoms with van der Waals surface area (Å²) in [6, 6.07) is 0.524. The maximum Gasteiger partial charge on any atom is 0.233 e. The van der Waals surface area contributed by atoms with Crippen LogP contribution >= 0.6 is 0 Å². The molecule has 0 aromatic heterocycles. The predicted octanol–water partition coefficient (Wildman–Crippen LogP) is 0.934. The number of amides is 2. The van der Waals surface area contributed by atoms with Gasteiger partial charge in [0.05, 0.1) is 11.8 Å². The van der Waals surface area contributed by atoms with E-state index < -0.39 is 0 Å². The van der Waals surface area contributed by atoms with Crippen molar-refractivity contribution in [2.45, 2.75) is 38.3 Å². The van der Waals surface area contributed by atoms with Gasteiger partial charge in [0.15, 0.2) is 0 Å². The Balaban J connectivity index is 1.62. The number of imide groups is 1. The van der Waals surface area contributed by atoms with Crippen LogP contribution in [0.2, 0.25) is 0 Å². The monoisotopic (exact) mass is 260 g/mol. The van der Waals surface area contributed by atoms with Gasteiger partial charge in [-0.1, -0.05) is 12.2 Å². The second-order valence-corrected chi connectivity index (χ2v) is 6.58. The molecule has 2 heterocycles. The highest BCUT2D eigenvalue weighted by molar-refractivity contribution is 6.06. The van der Waals surface area contributed by atoms with Gasteiger partial charge in [0.25, 0.3) is 0 Å². The first-order chi connectivity index (χ1) is 9.16. The third-order valence-corrected chi connectivity index (χ3v) is 5.47. The topological polar surface area (TPSA) is 49.4 Å². The smallest absolute Gasteiger partial charge is 0.233 e. The first-order valence-electron chi connectivity index (χ1n) is 7.45. The van der Waals surface area contributed by atoms with Crippen molar-refractivity contribution in [3.63, 3.8) is 0 Å². The highest BCUT2D eigenvalue weighted by Crippen LogP contribution is 2.53. The summed E-state index contributed by atoms with van der Waals surface area (Å²) in [7, 11) is 0. The molecule has 102 valence electrons. The lowest BCUT2D eigenvalue weighted by molar-refractivity contribution is -0.144. The molecule has 6 unspecified atom stereocenters. The van der Waals surface area contributed by atoms with E-state index in [4.69, 9.17) is 0 Å². The highest BCUT2D eigenvalue weighted by Gasteiger charge is 2.60. The molecule has 2 saturated heterocycles. The Kier molecular flexibility index (Phi) is 2.40. The summed E-state index contributed by atoms with van der Waals surface area (Å²) in [6.07, 6.45) is 7.14. The molecule has 2 amide bonds. The number of likely N-dealkylation sites (tertiary alicyclic amines) is 1. The molecule has 2 aliphatic heterocycles. The zero-order valence-electron chi connectivity index (χ0n) is 11.2. The lowest BCUT2D eigenvalue weighted by atomic mass is 9.85. The van der Waals surface area contributed by atoms with Crippen molar-refractivity contribution in [2.24, 2.45) is 23.7 Å². The molecule has 6 atom stereocenters. The molecule has 2 bridgehead atoms. The lowest BCUT2D eigenvalue weighted by Crippen LogP contribution is -2.49. The highest BCUT2D eigenvalue weighted by atomic mass is 16.2. The standard InChI is InChI=1S/C15H20N2O2/c1-8-6-11(4-5-16-8)17-14(18)12-9-2-3-10(7-9)13(12)15(17)19/h2-3,8-13,16H,4-7H2,1H3. The number of carbonyl (C=O) groups is 2. The first kappa shape index (κ1) is 11.6. The lowest BCUT2D eigenvalue weighted by Gasteiger charge is -2.34. The van der Waals surface area contributed by atoms with Crippen LogP contribution in [0.25, 0.3) is 0 Å². The molecule has 4 aliphatic rings. The molecule has 4 nitrogen and oxygen atoms in total. The fourth-order valence-corrected chi connectivity index (χ4v) is 4.63. The average molecular weight is 260 g/mol. The number of piperidine rings is 1. The van der Waals surface area contributed by atoms with Gasteiger partial charge in [-0.15, -0.1) is 0 Å². The molecule has 4 heteroatoms. The zero-order valence-corrected chi connectivity index (χ0v) is 11.2. The van der Waals surface area contributed by atoms with Crippen molar-refractivity contribution in [2.75, 3.05) is 6.54 Å². The number of hydrogen-bond acceptors (Lipinski definition) is 3. The number of nitrogens with one attached hydrogen (secondary N) is 1. The molecule has 1 N–H and O–H groups in total. The number of allylic oxidation sites excluding steroid dienone is 2. The number of rotatable bonds is 1. The Hall–Kier alpha value is -1.16. The summed E-state index contributed by atoms with van der Waals surface area (Å²) < 4.78 is 0. The van der Waals surface area contributed by atoms with Gasteiger partial charge in [-0.2, -0.15) is 0 Å². The minimum absolute atomic E-state index is 0.0345. The summed E-state index contributed by atoms with van der Waals surface area (Å²) in [5.74, 6) is 0.823. The van der Waals surface area contributed by atoms with Crippen LogP contribution in [0.5, 0.6) is 0 Å². The molecule has 4 rings (SSSR count). The van der Waals surface area contributed by atoms with Crippen molar-refractivity contribution >= 4 is 11.8 Å². The van der Waals surface area contributed by atoms with E-state index in [1.807, 2.05) is 0 Å². The number of fused-ring (bicyclic) bond motifs is 5. The first-order valence-corrected chi connectivity index (χ1v) is 7.45. The third-order valence-electron chi connectivity index (χ3n) is 5.47. The van der Waals surface area contributed by atoms with E-state index >= 15 is 0 Å². The quantitative estimate of drug-likeness (QED) is 0.564. The van der Waals surface area contributed by atoms with E-state index in [9.17, 15) is 9.59 Å². The van der Waals surface area contributed by atoms with Crippen molar-refractivity contribution in [1.29, 1.82) is 0 Å². The Morgan fingerprint density at radius 2 is 1.74 bits per heavy atom. The second kappa shape index (κ2) is 3.92. The Labute approximate surface area is 113 Å². The van der Waals surface area contributed by atoms with E-state index in [2.05, 4.69) is 24.4 Å². The zero-order chi connectivity index (χ0) is 13.1. The van der Waals surface area contributed by atoms with Gasteiger partial charge in [-0.3, -0.25) is 14.5 Å². The molecule has 3 fully saturated rings. The minimum Gasteiger partial charge on any atom is -0.314 e. The molecule has 1 saturated carbocycles. The van der Waals surface area contributed by atoms with Crippen LogP contribution < -0.4 is 5.32 Å². The fourth-order valence-electron chi connectivity index (χ4n) is 4.63. The molecule has 0 aromatic carbocycles. The van der Waals surface area contributed by atoms with E-state index in [1.165, 1.54) is 0 Å². The number of hydrogen-bond donors (Lipinski definition) is 1. The van der Waals surface area contributed by atoms with Gasteiger partial charge in [0.2, 0.25) is 11.8 Å². The van der Waals surface area contributed by atoms with Gasteiger partial charge >= 0.3 is 0 Å². The van der Waals surface area contributed by atoms with Gasteiger partial charge in [-0.25, -0.2) is 0 Å². The molecule has 19 heavy (non-hydrogen) atoms. The molecular weight excluding hydrogens is 240 g/mol. The van der Waals surface area contributed by atoms with Crippen LogP contribution in [-0.4, -0.2) is 35.3 Å². The molecule has 0 radical (unpaired) electrons. The Morgan fingerprint density at radius 3 is 2.32 bits per heavy atom. The van der Waals surface area contributed by atoms with Crippen LogP contribution in [-0.2, 0) is 9.59 Å². The van der Waals surface area contributed by atoms with Gasteiger partial charge in [0.1, 0.15) is 0 Å². The van der Waals surface area contributed by atoms with Gasteiger partial charge < -0.3 is 5.32 Å². The second-order valence-electron chi connectivity index (χ2n) is 6.58. The van der Waals surface area contributed by atoms with Crippen molar-refractivity contribution in [3.05, 3.63) is 12.2 Å². The summed E-state index contributed by atoms with van der Waals surface area (Å²) in [4.78, 5) is 26.9. The van der Waals surface area contributed by atoms with Crippen LogP contribution in [0.15, 0.2) is 12.2 Å². The predicted molar refractivity (Wildman–Crippen MR) is 70.1 cm³/mol. The average Bonchev–Trinajstić information content (AvgIpc) is 3.04. The SMILES string of the molecule is CC1CC(N2C(=O)C3C4C=CC(C4)C3C2=O)CCN1. The summed E-state index contributed by atoms with van der Waals surface area (Å²) >= 11 is 0.